The van der Waals surface area contributed by atoms with Crippen molar-refractivity contribution in [2.24, 2.45) is 0 Å². The van der Waals surface area contributed by atoms with Crippen LogP contribution in [0.3, 0.4) is 0 Å². The molecule has 182 valence electrons. The molecule has 8 nitrogen and oxygen atoms in total. The highest BCUT2D eigenvalue weighted by Gasteiger charge is 2.32. The first-order valence-corrected chi connectivity index (χ1v) is 11.9. The molecule has 1 N–H and O–H groups in total. The molecule has 0 spiro atoms. The van der Waals surface area contributed by atoms with Crippen LogP contribution in [-0.4, -0.2) is 42.7 Å². The molecule has 0 saturated heterocycles. The van der Waals surface area contributed by atoms with Crippen molar-refractivity contribution >= 4 is 0 Å². The molecule has 34 heavy (non-hydrogen) atoms. The third-order valence-electron chi connectivity index (χ3n) is 6.62. The first kappa shape index (κ1) is 23.7. The van der Waals surface area contributed by atoms with Gasteiger partial charge in [-0.05, 0) is 54.7 Å². The summed E-state index contributed by atoms with van der Waals surface area (Å²) in [5.41, 5.74) is 2.20. The summed E-state index contributed by atoms with van der Waals surface area (Å²) < 4.78 is 17.1. The first-order chi connectivity index (χ1) is 16.6. The first-order valence-electron chi connectivity index (χ1n) is 11.9. The summed E-state index contributed by atoms with van der Waals surface area (Å²) in [7, 11) is 3.24. The number of nitro groups is 1. The smallest absolute Gasteiger partial charge is 0.274 e. The van der Waals surface area contributed by atoms with Gasteiger partial charge in [-0.1, -0.05) is 37.5 Å². The predicted molar refractivity (Wildman–Crippen MR) is 130 cm³/mol. The Morgan fingerprint density at radius 3 is 2.41 bits per heavy atom. The van der Waals surface area contributed by atoms with Crippen molar-refractivity contribution in [3.8, 4) is 17.2 Å². The lowest BCUT2D eigenvalue weighted by Gasteiger charge is -2.40. The van der Waals surface area contributed by atoms with E-state index in [1.165, 1.54) is 6.42 Å². The number of rotatable bonds is 9. The maximum Gasteiger partial charge on any atom is 0.274 e. The second kappa shape index (κ2) is 11.1. The lowest BCUT2D eigenvalue weighted by Crippen LogP contribution is -2.48. The van der Waals surface area contributed by atoms with Crippen molar-refractivity contribution in [1.82, 2.24) is 10.2 Å². The molecule has 1 aliphatic heterocycles. The van der Waals surface area contributed by atoms with Crippen LogP contribution in [0, 0.1) is 10.1 Å². The Morgan fingerprint density at radius 1 is 1.09 bits per heavy atom. The van der Waals surface area contributed by atoms with E-state index < -0.39 is 0 Å². The van der Waals surface area contributed by atoms with E-state index in [9.17, 15) is 10.1 Å². The van der Waals surface area contributed by atoms with Crippen LogP contribution in [0.4, 0.5) is 0 Å². The van der Waals surface area contributed by atoms with Gasteiger partial charge in [0.15, 0.2) is 17.3 Å². The molecule has 1 heterocycles. The van der Waals surface area contributed by atoms with E-state index in [-0.39, 0.29) is 17.0 Å². The second-order valence-corrected chi connectivity index (χ2v) is 8.86. The van der Waals surface area contributed by atoms with Crippen LogP contribution < -0.4 is 19.5 Å². The van der Waals surface area contributed by atoms with Gasteiger partial charge in [-0.15, -0.1) is 0 Å². The fourth-order valence-corrected chi connectivity index (χ4v) is 4.87. The molecule has 0 amide bonds. The summed E-state index contributed by atoms with van der Waals surface area (Å²) in [4.78, 5) is 13.3. The highest BCUT2D eigenvalue weighted by Crippen LogP contribution is 2.36. The third-order valence-corrected chi connectivity index (χ3v) is 6.62. The lowest BCUT2D eigenvalue weighted by molar-refractivity contribution is -0.405. The number of benzene rings is 2. The molecule has 2 aromatic carbocycles. The predicted octanol–water partition coefficient (Wildman–Crippen LogP) is 4.51. The van der Waals surface area contributed by atoms with Gasteiger partial charge in [-0.2, -0.15) is 0 Å². The van der Waals surface area contributed by atoms with Crippen molar-refractivity contribution in [2.45, 2.75) is 57.2 Å². The largest absolute Gasteiger partial charge is 0.493 e. The number of nitrogens with zero attached hydrogens (tertiary/aromatic N) is 2. The molecule has 2 aliphatic rings. The lowest BCUT2D eigenvalue weighted by atomic mass is 9.93. The minimum atomic E-state index is -0.371. The van der Waals surface area contributed by atoms with Gasteiger partial charge < -0.3 is 24.4 Å². The van der Waals surface area contributed by atoms with E-state index in [1.807, 2.05) is 42.5 Å². The molecule has 0 aromatic heterocycles. The standard InChI is InChI=1S/C26H33N3O5/c1-32-24-14-19-13-22(18-34-23-11-7-4-8-12-23)28(16-20(19)15-25(24)33-2)26(17-29(30)31)27-21-9-5-3-6-10-21/h4,7-8,11-12,14-15,17,21-22,27H,3,5-6,9-10,13,16,18H2,1-2H3/b26-17-. The van der Waals surface area contributed by atoms with Gasteiger partial charge >= 0.3 is 0 Å². The Balaban J connectivity index is 1.65. The van der Waals surface area contributed by atoms with E-state index in [2.05, 4.69) is 10.2 Å². The van der Waals surface area contributed by atoms with Gasteiger partial charge in [0.05, 0.1) is 25.2 Å². The van der Waals surface area contributed by atoms with Crippen molar-refractivity contribution in [1.29, 1.82) is 0 Å². The number of fused-ring (bicyclic) bond motifs is 1. The molecule has 2 aromatic rings. The van der Waals surface area contributed by atoms with Gasteiger partial charge in [0.2, 0.25) is 0 Å². The van der Waals surface area contributed by atoms with Crippen molar-refractivity contribution in [3.05, 3.63) is 75.7 Å². The Kier molecular flexibility index (Phi) is 7.77. The molecule has 4 rings (SSSR count). The zero-order chi connectivity index (χ0) is 23.9. The van der Waals surface area contributed by atoms with Gasteiger partial charge in [0, 0.05) is 12.6 Å². The number of methoxy groups -OCH3 is 2. The van der Waals surface area contributed by atoms with Crippen LogP contribution >= 0.6 is 0 Å². The van der Waals surface area contributed by atoms with Crippen LogP contribution in [0.15, 0.2) is 54.5 Å². The number of para-hydroxylation sites is 1. The molecule has 1 fully saturated rings. The van der Waals surface area contributed by atoms with Gasteiger partial charge in [0.25, 0.3) is 6.20 Å². The van der Waals surface area contributed by atoms with Gasteiger partial charge in [0.1, 0.15) is 12.4 Å². The van der Waals surface area contributed by atoms with E-state index >= 15 is 0 Å². The third kappa shape index (κ3) is 5.73. The summed E-state index contributed by atoms with van der Waals surface area (Å²) in [5.74, 6) is 2.65. The average Bonchev–Trinajstić information content (AvgIpc) is 2.86. The van der Waals surface area contributed by atoms with E-state index in [0.29, 0.717) is 36.9 Å². The SMILES string of the molecule is COc1cc2c(cc1OC)CN(/C(=C\[N+](=O)[O-])NC1CCCCC1)C(COc1ccccc1)C2. The zero-order valence-corrected chi connectivity index (χ0v) is 19.9. The van der Waals surface area contributed by atoms with E-state index in [1.54, 1.807) is 14.2 Å². The normalized spacial score (nSPS) is 18.7. The second-order valence-electron chi connectivity index (χ2n) is 8.86. The Morgan fingerprint density at radius 2 is 1.76 bits per heavy atom. The minimum Gasteiger partial charge on any atom is -0.493 e. The van der Waals surface area contributed by atoms with Crippen LogP contribution in [0.5, 0.6) is 17.2 Å². The van der Waals surface area contributed by atoms with Crippen molar-refractivity contribution in [3.63, 3.8) is 0 Å². The molecule has 1 atom stereocenters. The summed E-state index contributed by atoms with van der Waals surface area (Å²) >= 11 is 0. The maximum absolute atomic E-state index is 11.6. The molecule has 0 radical (unpaired) electrons. The molecule has 1 saturated carbocycles. The highest BCUT2D eigenvalue weighted by atomic mass is 16.6. The zero-order valence-electron chi connectivity index (χ0n) is 19.9. The van der Waals surface area contributed by atoms with Crippen LogP contribution in [-0.2, 0) is 13.0 Å². The maximum atomic E-state index is 11.6. The van der Waals surface area contributed by atoms with Crippen LogP contribution in [0.25, 0.3) is 0 Å². The van der Waals surface area contributed by atoms with E-state index in [0.717, 1.165) is 48.8 Å². The summed E-state index contributed by atoms with van der Waals surface area (Å²) in [6.45, 7) is 0.914. The Labute approximate surface area is 200 Å². The number of hydrogen-bond donors (Lipinski definition) is 1. The summed E-state index contributed by atoms with van der Waals surface area (Å²) in [5, 5.41) is 15.1. The van der Waals surface area contributed by atoms with Crippen LogP contribution in [0.2, 0.25) is 0 Å². The fraction of sp³-hybridized carbons (Fsp3) is 0.462. The monoisotopic (exact) mass is 467 g/mol. The number of nitrogens with one attached hydrogen (secondary N) is 1. The van der Waals surface area contributed by atoms with Crippen molar-refractivity contribution in [2.75, 3.05) is 20.8 Å². The summed E-state index contributed by atoms with van der Waals surface area (Å²) in [6, 6.07) is 13.8. The van der Waals surface area contributed by atoms with Gasteiger partial charge in [-0.3, -0.25) is 10.1 Å². The quantitative estimate of drug-likeness (QED) is 0.429. The molecular weight excluding hydrogens is 434 g/mol. The van der Waals surface area contributed by atoms with Gasteiger partial charge in [-0.25, -0.2) is 0 Å². The molecular formula is C26H33N3O5. The number of hydrogen-bond acceptors (Lipinski definition) is 7. The Bertz CT molecular complexity index is 1000. The number of ether oxygens (including phenoxy) is 3. The molecule has 1 aliphatic carbocycles. The summed E-state index contributed by atoms with van der Waals surface area (Å²) in [6.07, 6.45) is 7.33. The molecule has 1 unspecified atom stereocenters. The topological polar surface area (TPSA) is 86.1 Å². The van der Waals surface area contributed by atoms with Crippen LogP contribution in [0.1, 0.15) is 43.2 Å². The minimum absolute atomic E-state index is 0.0897. The average molecular weight is 468 g/mol. The molecule has 0 bridgehead atoms. The highest BCUT2D eigenvalue weighted by molar-refractivity contribution is 5.48. The molecule has 8 heteroatoms. The fourth-order valence-electron chi connectivity index (χ4n) is 4.87. The van der Waals surface area contributed by atoms with Crippen molar-refractivity contribution < 1.29 is 19.1 Å². The van der Waals surface area contributed by atoms with E-state index in [4.69, 9.17) is 14.2 Å². The Hall–Kier alpha value is -3.42.